The molecule has 0 aromatic carbocycles. The molecule has 0 amide bonds. The molecule has 2 saturated heterocycles. The lowest BCUT2D eigenvalue weighted by molar-refractivity contribution is 0.136. The van der Waals surface area contributed by atoms with Gasteiger partial charge in [0.05, 0.1) is 0 Å². The summed E-state index contributed by atoms with van der Waals surface area (Å²) in [7, 11) is 0. The average molecular weight is 168 g/mol. The summed E-state index contributed by atoms with van der Waals surface area (Å²) in [6, 6.07) is 0. The van der Waals surface area contributed by atoms with Crippen LogP contribution in [0.25, 0.3) is 0 Å². The van der Waals surface area contributed by atoms with Gasteiger partial charge in [0.2, 0.25) is 0 Å². The molecule has 1 N–H and O–H groups in total. The molecule has 2 aliphatic rings. The lowest BCUT2D eigenvalue weighted by atomic mass is 9.87. The molecule has 12 heavy (non-hydrogen) atoms. The first-order valence-electron chi connectivity index (χ1n) is 5.02. The van der Waals surface area contributed by atoms with Crippen LogP contribution in [0.4, 0.5) is 0 Å². The number of hydrogen-bond acceptors (Lipinski definition) is 2. The fourth-order valence-corrected chi connectivity index (χ4v) is 2.27. The second-order valence-electron chi connectivity index (χ2n) is 5.30. The molecule has 1 unspecified atom stereocenters. The lowest BCUT2D eigenvalue weighted by Crippen LogP contribution is -2.59. The van der Waals surface area contributed by atoms with Crippen molar-refractivity contribution in [2.75, 3.05) is 19.6 Å². The minimum atomic E-state index is 0.362. The summed E-state index contributed by atoms with van der Waals surface area (Å²) in [5.74, 6) is 0. The number of nitrogens with zero attached hydrogens (tertiary/aromatic N) is 1. The van der Waals surface area contributed by atoms with Crippen LogP contribution in [0.3, 0.4) is 0 Å². The van der Waals surface area contributed by atoms with Crippen LogP contribution in [0.2, 0.25) is 0 Å². The molecular formula is C10H20N2. The van der Waals surface area contributed by atoms with Crippen LogP contribution in [0.5, 0.6) is 0 Å². The van der Waals surface area contributed by atoms with Crippen molar-refractivity contribution in [2.45, 2.75) is 44.7 Å². The van der Waals surface area contributed by atoms with Gasteiger partial charge in [-0.1, -0.05) is 0 Å². The average Bonchev–Trinajstić information content (AvgIpc) is 2.26. The molecule has 2 aliphatic heterocycles. The molecule has 1 atom stereocenters. The Morgan fingerprint density at radius 3 is 2.17 bits per heavy atom. The number of likely N-dealkylation sites (tertiary alicyclic amines) is 1. The molecule has 0 saturated carbocycles. The highest BCUT2D eigenvalue weighted by Gasteiger charge is 2.44. The number of rotatable bonds is 0. The van der Waals surface area contributed by atoms with Crippen molar-refractivity contribution in [1.82, 2.24) is 10.2 Å². The largest absolute Gasteiger partial charge is 0.310 e. The van der Waals surface area contributed by atoms with Crippen LogP contribution in [0.1, 0.15) is 33.6 Å². The second kappa shape index (κ2) is 2.46. The van der Waals surface area contributed by atoms with Crippen LogP contribution < -0.4 is 5.32 Å². The van der Waals surface area contributed by atoms with E-state index in [4.69, 9.17) is 0 Å². The van der Waals surface area contributed by atoms with E-state index in [1.807, 2.05) is 0 Å². The molecular weight excluding hydrogens is 148 g/mol. The van der Waals surface area contributed by atoms with Gasteiger partial charge in [-0.2, -0.15) is 0 Å². The fraction of sp³-hybridized carbons (Fsp3) is 1.00. The summed E-state index contributed by atoms with van der Waals surface area (Å²) < 4.78 is 0. The maximum atomic E-state index is 3.58. The topological polar surface area (TPSA) is 15.3 Å². The van der Waals surface area contributed by atoms with Crippen LogP contribution >= 0.6 is 0 Å². The first kappa shape index (κ1) is 8.52. The predicted molar refractivity (Wildman–Crippen MR) is 51.3 cm³/mol. The van der Waals surface area contributed by atoms with Crippen LogP contribution in [-0.4, -0.2) is 35.6 Å². The van der Waals surface area contributed by atoms with E-state index in [-0.39, 0.29) is 0 Å². The van der Waals surface area contributed by atoms with Crippen molar-refractivity contribution < 1.29 is 0 Å². The molecule has 2 heterocycles. The highest BCUT2D eigenvalue weighted by atomic mass is 15.3. The fourth-order valence-electron chi connectivity index (χ4n) is 2.27. The van der Waals surface area contributed by atoms with Crippen LogP contribution in [0.15, 0.2) is 0 Å². The van der Waals surface area contributed by atoms with Gasteiger partial charge in [0.15, 0.2) is 0 Å². The highest BCUT2D eigenvalue weighted by molar-refractivity contribution is 5.05. The summed E-state index contributed by atoms with van der Waals surface area (Å²) in [4.78, 5) is 2.60. The minimum Gasteiger partial charge on any atom is -0.310 e. The Morgan fingerprint density at radius 2 is 1.92 bits per heavy atom. The van der Waals surface area contributed by atoms with Gasteiger partial charge in [-0.15, -0.1) is 0 Å². The maximum Gasteiger partial charge on any atom is 0.0333 e. The SMILES string of the molecule is CC(C)(C)N1CCC2(CCN2)C1. The Morgan fingerprint density at radius 1 is 1.25 bits per heavy atom. The number of nitrogens with one attached hydrogen (secondary N) is 1. The molecule has 1 spiro atoms. The molecule has 0 bridgehead atoms. The quantitative estimate of drug-likeness (QED) is 0.585. The summed E-state index contributed by atoms with van der Waals surface area (Å²) in [6.45, 7) is 10.7. The van der Waals surface area contributed by atoms with Gasteiger partial charge >= 0.3 is 0 Å². The van der Waals surface area contributed by atoms with Crippen molar-refractivity contribution in [1.29, 1.82) is 0 Å². The zero-order valence-electron chi connectivity index (χ0n) is 8.48. The molecule has 0 aliphatic carbocycles. The summed E-state index contributed by atoms with van der Waals surface area (Å²) in [6.07, 6.45) is 2.74. The maximum absolute atomic E-state index is 3.58. The van der Waals surface area contributed by atoms with Crippen molar-refractivity contribution in [3.8, 4) is 0 Å². The van der Waals surface area contributed by atoms with Gasteiger partial charge < -0.3 is 5.32 Å². The van der Waals surface area contributed by atoms with Gasteiger partial charge in [-0.3, -0.25) is 4.90 Å². The van der Waals surface area contributed by atoms with Gasteiger partial charge in [0.25, 0.3) is 0 Å². The minimum absolute atomic E-state index is 0.362. The van der Waals surface area contributed by atoms with Crippen molar-refractivity contribution in [2.24, 2.45) is 0 Å². The van der Waals surface area contributed by atoms with E-state index >= 15 is 0 Å². The van der Waals surface area contributed by atoms with Crippen molar-refractivity contribution >= 4 is 0 Å². The predicted octanol–water partition coefficient (Wildman–Crippen LogP) is 1.22. The van der Waals surface area contributed by atoms with Gasteiger partial charge in [0.1, 0.15) is 0 Å². The summed E-state index contributed by atoms with van der Waals surface area (Å²) in [5, 5.41) is 3.58. The molecule has 0 radical (unpaired) electrons. The number of hydrogen-bond donors (Lipinski definition) is 1. The third kappa shape index (κ3) is 1.27. The standard InChI is InChI=1S/C10H20N2/c1-9(2,3)12-7-5-10(8-12)4-6-11-10/h11H,4-8H2,1-3H3. The Labute approximate surface area is 75.3 Å². The highest BCUT2D eigenvalue weighted by Crippen LogP contribution is 2.33. The van der Waals surface area contributed by atoms with Crippen LogP contribution in [-0.2, 0) is 0 Å². The van der Waals surface area contributed by atoms with Gasteiger partial charge in [-0.05, 0) is 40.2 Å². The molecule has 70 valence electrons. The summed E-state index contributed by atoms with van der Waals surface area (Å²) in [5.41, 5.74) is 0.883. The molecule has 0 aromatic heterocycles. The Balaban J connectivity index is 1.98. The zero-order valence-corrected chi connectivity index (χ0v) is 8.48. The molecule has 2 nitrogen and oxygen atoms in total. The van der Waals surface area contributed by atoms with E-state index in [1.165, 1.54) is 32.5 Å². The van der Waals surface area contributed by atoms with Crippen molar-refractivity contribution in [3.63, 3.8) is 0 Å². The molecule has 2 fully saturated rings. The van der Waals surface area contributed by atoms with E-state index in [0.717, 1.165) is 0 Å². The normalized spacial score (nSPS) is 37.2. The monoisotopic (exact) mass is 168 g/mol. The Bertz CT molecular complexity index is 177. The van der Waals surface area contributed by atoms with Crippen molar-refractivity contribution in [3.05, 3.63) is 0 Å². The van der Waals surface area contributed by atoms with E-state index in [0.29, 0.717) is 11.1 Å². The summed E-state index contributed by atoms with van der Waals surface area (Å²) >= 11 is 0. The molecule has 2 rings (SSSR count). The van der Waals surface area contributed by atoms with E-state index in [2.05, 4.69) is 31.0 Å². The molecule has 0 aromatic rings. The van der Waals surface area contributed by atoms with Gasteiger partial charge in [-0.25, -0.2) is 0 Å². The van der Waals surface area contributed by atoms with E-state index in [9.17, 15) is 0 Å². The Hall–Kier alpha value is -0.0800. The smallest absolute Gasteiger partial charge is 0.0333 e. The second-order valence-corrected chi connectivity index (χ2v) is 5.30. The first-order valence-corrected chi connectivity index (χ1v) is 5.02. The third-order valence-electron chi connectivity index (χ3n) is 3.41. The zero-order chi connectivity index (χ0) is 8.82. The first-order chi connectivity index (χ1) is 5.52. The van der Waals surface area contributed by atoms with Crippen LogP contribution in [0, 0.1) is 0 Å². The Kier molecular flexibility index (Phi) is 1.74. The van der Waals surface area contributed by atoms with E-state index < -0.39 is 0 Å². The third-order valence-corrected chi connectivity index (χ3v) is 3.41. The van der Waals surface area contributed by atoms with E-state index in [1.54, 1.807) is 0 Å². The lowest BCUT2D eigenvalue weighted by Gasteiger charge is -2.41. The van der Waals surface area contributed by atoms with Gasteiger partial charge in [0, 0.05) is 24.2 Å². The molecule has 2 heteroatoms.